The minimum Gasteiger partial charge on any atom is -0.0617 e. The molecule has 74 valence electrons. The van der Waals surface area contributed by atoms with Crippen molar-refractivity contribution in [1.82, 2.24) is 0 Å². The third-order valence-electron chi connectivity index (χ3n) is 3.95. The largest absolute Gasteiger partial charge is 0.0617 e. The molecule has 2 aliphatic carbocycles. The molecular weight excluding hydrogens is 168 g/mol. The molecule has 0 amide bonds. The highest BCUT2D eigenvalue weighted by Gasteiger charge is 2.37. The van der Waals surface area contributed by atoms with Crippen molar-refractivity contribution in [2.24, 2.45) is 5.92 Å². The zero-order valence-corrected chi connectivity index (χ0v) is 8.92. The van der Waals surface area contributed by atoms with Crippen molar-refractivity contribution in [1.29, 1.82) is 0 Å². The third-order valence-corrected chi connectivity index (χ3v) is 3.95. The second-order valence-corrected chi connectivity index (χ2v) is 4.83. The molecule has 0 radical (unpaired) electrons. The smallest absolute Gasteiger partial charge is 0.0125 e. The maximum atomic E-state index is 2.34. The van der Waals surface area contributed by atoms with Crippen LogP contribution in [0.2, 0.25) is 0 Å². The summed E-state index contributed by atoms with van der Waals surface area (Å²) in [6.07, 6.45) is 6.96. The number of benzene rings is 1. The lowest BCUT2D eigenvalue weighted by Crippen LogP contribution is -2.00. The molecule has 1 aromatic rings. The average Bonchev–Trinajstić information content (AvgIpc) is 2.97. The molecule has 0 heteroatoms. The van der Waals surface area contributed by atoms with Gasteiger partial charge in [0.1, 0.15) is 0 Å². The molecule has 1 fully saturated rings. The maximum absolute atomic E-state index is 2.34. The van der Waals surface area contributed by atoms with Crippen molar-refractivity contribution in [3.63, 3.8) is 0 Å². The number of hydrogen-bond acceptors (Lipinski definition) is 0. The normalized spacial score (nSPS) is 25.1. The minimum absolute atomic E-state index is 0.932. The lowest BCUT2D eigenvalue weighted by Gasteiger charge is -2.14. The van der Waals surface area contributed by atoms with E-state index in [1.165, 1.54) is 32.1 Å². The van der Waals surface area contributed by atoms with Crippen molar-refractivity contribution in [3.05, 3.63) is 34.9 Å². The number of rotatable bonds is 2. The maximum Gasteiger partial charge on any atom is -0.0125 e. The number of hydrogen-bond donors (Lipinski definition) is 0. The molecule has 0 spiro atoms. The Kier molecular flexibility index (Phi) is 1.90. The van der Waals surface area contributed by atoms with Crippen LogP contribution < -0.4 is 0 Å². The summed E-state index contributed by atoms with van der Waals surface area (Å²) in [5.74, 6) is 1.98. The Morgan fingerprint density at radius 2 is 2.07 bits per heavy atom. The Hall–Kier alpha value is -0.780. The van der Waals surface area contributed by atoms with Crippen molar-refractivity contribution in [2.45, 2.75) is 44.9 Å². The van der Waals surface area contributed by atoms with Crippen molar-refractivity contribution in [2.75, 3.05) is 0 Å². The van der Waals surface area contributed by atoms with Gasteiger partial charge in [-0.3, -0.25) is 0 Å². The van der Waals surface area contributed by atoms with Gasteiger partial charge in [-0.2, -0.15) is 0 Å². The Morgan fingerprint density at radius 1 is 1.21 bits per heavy atom. The summed E-state index contributed by atoms with van der Waals surface area (Å²) in [6, 6.07) is 6.92. The van der Waals surface area contributed by atoms with Crippen molar-refractivity contribution in [3.8, 4) is 0 Å². The summed E-state index contributed by atoms with van der Waals surface area (Å²) in [5.41, 5.74) is 5.02. The minimum atomic E-state index is 0.932. The molecule has 0 saturated heterocycles. The van der Waals surface area contributed by atoms with E-state index in [0.29, 0.717) is 0 Å². The van der Waals surface area contributed by atoms with Crippen LogP contribution in [0.3, 0.4) is 0 Å². The van der Waals surface area contributed by atoms with Crippen LogP contribution in [0.25, 0.3) is 0 Å². The van der Waals surface area contributed by atoms with E-state index >= 15 is 0 Å². The molecule has 1 unspecified atom stereocenters. The van der Waals surface area contributed by atoms with Gasteiger partial charge >= 0.3 is 0 Å². The summed E-state index contributed by atoms with van der Waals surface area (Å²) in [4.78, 5) is 0. The highest BCUT2D eigenvalue weighted by molar-refractivity contribution is 5.42. The number of aryl methyl sites for hydroxylation is 2. The molecule has 1 atom stereocenters. The Balaban J connectivity index is 2.05. The van der Waals surface area contributed by atoms with Crippen LogP contribution in [0.15, 0.2) is 18.2 Å². The Labute approximate surface area is 86.3 Å². The van der Waals surface area contributed by atoms with Gasteiger partial charge < -0.3 is 0 Å². The fourth-order valence-electron chi connectivity index (χ4n) is 3.09. The molecule has 0 N–H and O–H groups in total. The van der Waals surface area contributed by atoms with Crippen LogP contribution in [0.5, 0.6) is 0 Å². The van der Waals surface area contributed by atoms with Crippen LogP contribution in [0, 0.1) is 5.92 Å². The first-order valence-electron chi connectivity index (χ1n) is 6.00. The topological polar surface area (TPSA) is 0 Å². The van der Waals surface area contributed by atoms with Gasteiger partial charge in [-0.25, -0.2) is 0 Å². The zero-order valence-electron chi connectivity index (χ0n) is 8.92. The molecule has 0 bridgehead atoms. The van der Waals surface area contributed by atoms with E-state index in [2.05, 4.69) is 25.1 Å². The van der Waals surface area contributed by atoms with Gasteiger partial charge in [0.25, 0.3) is 0 Å². The summed E-state index contributed by atoms with van der Waals surface area (Å²) in [6.45, 7) is 2.29. The summed E-state index contributed by atoms with van der Waals surface area (Å²) in [7, 11) is 0. The second kappa shape index (κ2) is 3.12. The van der Waals surface area contributed by atoms with Crippen LogP contribution >= 0.6 is 0 Å². The molecule has 0 aliphatic heterocycles. The lowest BCUT2D eigenvalue weighted by molar-refractivity contribution is 0.596. The van der Waals surface area contributed by atoms with Gasteiger partial charge in [0.05, 0.1) is 0 Å². The molecule has 1 saturated carbocycles. The van der Waals surface area contributed by atoms with E-state index in [0.717, 1.165) is 11.8 Å². The van der Waals surface area contributed by atoms with E-state index in [1.54, 1.807) is 16.7 Å². The summed E-state index contributed by atoms with van der Waals surface area (Å²) in [5, 5.41) is 0. The first-order chi connectivity index (χ1) is 6.90. The number of fused-ring (bicyclic) bond motifs is 1. The van der Waals surface area contributed by atoms with Crippen molar-refractivity contribution >= 4 is 0 Å². The summed E-state index contributed by atoms with van der Waals surface area (Å²) < 4.78 is 0. The summed E-state index contributed by atoms with van der Waals surface area (Å²) >= 11 is 0. The molecule has 3 rings (SSSR count). The molecular formula is C14H18. The fraction of sp³-hybridized carbons (Fsp3) is 0.571. The van der Waals surface area contributed by atoms with Gasteiger partial charge in [0, 0.05) is 0 Å². The van der Waals surface area contributed by atoms with Crippen LogP contribution in [0.1, 0.15) is 48.8 Å². The standard InChI is InChI=1S/C14H18/c1-2-10-4-3-5-12-8-9-13(14(10)12)11-6-7-11/h3-5,11,13H,2,6-9H2,1H3. The fourth-order valence-corrected chi connectivity index (χ4v) is 3.09. The quantitative estimate of drug-likeness (QED) is 0.661. The lowest BCUT2D eigenvalue weighted by atomic mass is 9.91. The van der Waals surface area contributed by atoms with Crippen LogP contribution in [0.4, 0.5) is 0 Å². The van der Waals surface area contributed by atoms with E-state index in [1.807, 2.05) is 0 Å². The molecule has 0 heterocycles. The molecule has 0 aromatic heterocycles. The van der Waals surface area contributed by atoms with Gasteiger partial charge in [-0.15, -0.1) is 0 Å². The van der Waals surface area contributed by atoms with Crippen LogP contribution in [-0.2, 0) is 12.8 Å². The highest BCUT2D eigenvalue weighted by Crippen LogP contribution is 2.50. The van der Waals surface area contributed by atoms with Gasteiger partial charge in [0.2, 0.25) is 0 Å². The zero-order chi connectivity index (χ0) is 9.54. The highest BCUT2D eigenvalue weighted by atomic mass is 14.4. The predicted octanol–water partition coefficient (Wildman–Crippen LogP) is 3.69. The van der Waals surface area contributed by atoms with E-state index in [9.17, 15) is 0 Å². The van der Waals surface area contributed by atoms with E-state index in [4.69, 9.17) is 0 Å². The molecule has 2 aliphatic rings. The predicted molar refractivity (Wildman–Crippen MR) is 59.6 cm³/mol. The second-order valence-electron chi connectivity index (χ2n) is 4.83. The average molecular weight is 186 g/mol. The van der Waals surface area contributed by atoms with E-state index in [-0.39, 0.29) is 0 Å². The first-order valence-corrected chi connectivity index (χ1v) is 6.00. The van der Waals surface area contributed by atoms with Gasteiger partial charge in [0.15, 0.2) is 0 Å². The van der Waals surface area contributed by atoms with E-state index < -0.39 is 0 Å². The Bertz CT molecular complexity index is 347. The third kappa shape index (κ3) is 1.20. The SMILES string of the molecule is CCc1cccc2c1C(C1CC1)CC2. The van der Waals surface area contributed by atoms with Crippen molar-refractivity contribution < 1.29 is 0 Å². The first kappa shape index (κ1) is 8.52. The molecule has 0 nitrogen and oxygen atoms in total. The van der Waals surface area contributed by atoms with Crippen LogP contribution in [-0.4, -0.2) is 0 Å². The Morgan fingerprint density at radius 3 is 2.79 bits per heavy atom. The van der Waals surface area contributed by atoms with Gasteiger partial charge in [-0.1, -0.05) is 25.1 Å². The molecule has 1 aromatic carbocycles. The molecule has 14 heavy (non-hydrogen) atoms. The monoisotopic (exact) mass is 186 g/mol. The van der Waals surface area contributed by atoms with Gasteiger partial charge in [-0.05, 0) is 60.6 Å².